The van der Waals surface area contributed by atoms with Crippen molar-refractivity contribution in [1.29, 1.82) is 0 Å². The van der Waals surface area contributed by atoms with Crippen LogP contribution in [0.2, 0.25) is 5.02 Å². The number of fused-ring (bicyclic) bond motifs is 2. The normalized spacial score (nSPS) is 16.9. The van der Waals surface area contributed by atoms with Crippen molar-refractivity contribution in [1.82, 2.24) is 19.5 Å². The number of thiazole rings is 1. The van der Waals surface area contributed by atoms with Crippen LogP contribution in [0.1, 0.15) is 41.4 Å². The standard InChI is InChI=1S/C27H24ClN7O2S2/c1-14-6-20(15-2-4-17(28)5-3-15)34(10-18-7-16-9-31-22(29)8-21(16)39-18)25-24(14)33-26(19-12-38-13-32-19)35(27(25)37)11-23(30)36/h2-5,7-9,12-14,20H,6,10-11H2,1H3,(H2,29,31)(H2,30,36)/t14-,20-/m0/s1. The summed E-state index contributed by atoms with van der Waals surface area (Å²) in [5, 5.41) is 3.44. The van der Waals surface area contributed by atoms with Gasteiger partial charge < -0.3 is 16.4 Å². The average molecular weight is 578 g/mol. The Morgan fingerprint density at radius 2 is 2.00 bits per heavy atom. The Morgan fingerprint density at radius 3 is 2.72 bits per heavy atom. The molecule has 12 heteroatoms. The third-order valence-electron chi connectivity index (χ3n) is 6.91. The van der Waals surface area contributed by atoms with E-state index in [4.69, 9.17) is 28.1 Å². The molecular weight excluding hydrogens is 554 g/mol. The Morgan fingerprint density at radius 1 is 1.21 bits per heavy atom. The molecule has 39 heavy (non-hydrogen) atoms. The number of halogens is 1. The summed E-state index contributed by atoms with van der Waals surface area (Å²) in [7, 11) is 0. The van der Waals surface area contributed by atoms with Crippen molar-refractivity contribution in [3.05, 3.63) is 85.0 Å². The Bertz CT molecular complexity index is 1750. The third-order valence-corrected chi connectivity index (χ3v) is 8.83. The van der Waals surface area contributed by atoms with Gasteiger partial charge in [-0.25, -0.2) is 15.0 Å². The predicted octanol–water partition coefficient (Wildman–Crippen LogP) is 4.95. The fourth-order valence-corrected chi connectivity index (χ4v) is 6.90. The number of primary amides is 1. The van der Waals surface area contributed by atoms with E-state index in [1.807, 2.05) is 35.7 Å². The zero-order valence-corrected chi connectivity index (χ0v) is 23.3. The Kier molecular flexibility index (Phi) is 6.57. The summed E-state index contributed by atoms with van der Waals surface area (Å²) in [5.74, 6) is 0.144. The fraction of sp³-hybridized carbons (Fsp3) is 0.222. The van der Waals surface area contributed by atoms with Crippen molar-refractivity contribution in [2.45, 2.75) is 38.4 Å². The lowest BCUT2D eigenvalue weighted by Gasteiger charge is -2.41. The molecule has 1 aliphatic rings. The van der Waals surface area contributed by atoms with Gasteiger partial charge in [0.15, 0.2) is 5.82 Å². The van der Waals surface area contributed by atoms with E-state index in [0.717, 1.165) is 26.9 Å². The summed E-state index contributed by atoms with van der Waals surface area (Å²) in [5.41, 5.74) is 15.6. The number of thiophene rings is 1. The van der Waals surface area contributed by atoms with Gasteiger partial charge in [-0.2, -0.15) is 0 Å². The molecule has 6 rings (SSSR count). The third kappa shape index (κ3) is 4.77. The first-order valence-corrected chi connectivity index (χ1v) is 14.4. The zero-order valence-electron chi connectivity index (χ0n) is 20.9. The molecule has 5 aromatic rings. The van der Waals surface area contributed by atoms with Crippen molar-refractivity contribution in [3.63, 3.8) is 0 Å². The SMILES string of the molecule is C[C@H]1C[C@@H](c2ccc(Cl)cc2)N(Cc2cc3cnc(N)cc3s2)c2c1nc(-c1cscn1)n(CC(N)=O)c2=O. The Hall–Kier alpha value is -3.80. The van der Waals surface area contributed by atoms with Crippen LogP contribution in [0.4, 0.5) is 11.5 Å². The van der Waals surface area contributed by atoms with E-state index >= 15 is 0 Å². The first-order valence-electron chi connectivity index (χ1n) is 12.3. The first-order chi connectivity index (χ1) is 18.8. The topological polar surface area (TPSA) is 133 Å². The number of hydrogen-bond donors (Lipinski definition) is 2. The molecule has 4 N–H and O–H groups in total. The highest BCUT2D eigenvalue weighted by molar-refractivity contribution is 7.19. The molecule has 0 radical (unpaired) electrons. The number of amides is 1. The second kappa shape index (κ2) is 10.1. The van der Waals surface area contributed by atoms with E-state index in [1.54, 1.807) is 23.0 Å². The minimum Gasteiger partial charge on any atom is -0.384 e. The van der Waals surface area contributed by atoms with Gasteiger partial charge in [-0.15, -0.1) is 22.7 Å². The Labute approximate surface area is 236 Å². The lowest BCUT2D eigenvalue weighted by Crippen LogP contribution is -2.42. The quantitative estimate of drug-likeness (QED) is 0.291. The van der Waals surface area contributed by atoms with Gasteiger partial charge in [-0.05, 0) is 36.2 Å². The van der Waals surface area contributed by atoms with E-state index in [-0.39, 0.29) is 24.1 Å². The van der Waals surface area contributed by atoms with Gasteiger partial charge in [0, 0.05) is 37.5 Å². The number of hydrogen-bond acceptors (Lipinski definition) is 9. The second-order valence-corrected chi connectivity index (χ2v) is 11.9. The van der Waals surface area contributed by atoms with Gasteiger partial charge in [0.2, 0.25) is 5.91 Å². The molecule has 1 amide bonds. The molecule has 9 nitrogen and oxygen atoms in total. The zero-order chi connectivity index (χ0) is 27.3. The van der Waals surface area contributed by atoms with Crippen LogP contribution in [0.3, 0.4) is 0 Å². The highest BCUT2D eigenvalue weighted by Crippen LogP contribution is 2.44. The van der Waals surface area contributed by atoms with Crippen molar-refractivity contribution in [3.8, 4) is 11.5 Å². The number of anilines is 2. The second-order valence-electron chi connectivity index (χ2n) is 9.59. The molecule has 0 spiro atoms. The van der Waals surface area contributed by atoms with Crippen molar-refractivity contribution in [2.24, 2.45) is 5.73 Å². The molecule has 1 aromatic carbocycles. The molecule has 0 saturated carbocycles. The van der Waals surface area contributed by atoms with E-state index in [1.165, 1.54) is 15.9 Å². The van der Waals surface area contributed by atoms with Crippen LogP contribution in [0, 0.1) is 0 Å². The maximum absolute atomic E-state index is 14.3. The number of benzene rings is 1. The predicted molar refractivity (Wildman–Crippen MR) is 156 cm³/mol. The molecule has 0 saturated heterocycles. The van der Waals surface area contributed by atoms with Crippen LogP contribution in [-0.4, -0.2) is 25.4 Å². The number of nitrogens with zero attached hydrogens (tertiary/aromatic N) is 5. The van der Waals surface area contributed by atoms with Gasteiger partial charge in [-0.1, -0.05) is 30.7 Å². The number of rotatable bonds is 6. The summed E-state index contributed by atoms with van der Waals surface area (Å²) in [6.07, 6.45) is 2.49. The Balaban J connectivity index is 1.55. The minimum absolute atomic E-state index is 0.0309. The number of nitrogens with two attached hydrogens (primary N) is 2. The highest BCUT2D eigenvalue weighted by atomic mass is 35.5. The summed E-state index contributed by atoms with van der Waals surface area (Å²) in [6, 6.07) is 11.5. The maximum atomic E-state index is 14.3. The van der Waals surface area contributed by atoms with Gasteiger partial charge in [0.05, 0.1) is 23.8 Å². The van der Waals surface area contributed by atoms with Crippen LogP contribution in [0.5, 0.6) is 0 Å². The van der Waals surface area contributed by atoms with E-state index in [9.17, 15) is 9.59 Å². The first kappa shape index (κ1) is 25.5. The van der Waals surface area contributed by atoms with Crippen LogP contribution < -0.4 is 21.9 Å². The van der Waals surface area contributed by atoms with Gasteiger partial charge >= 0.3 is 0 Å². The molecule has 1 aliphatic heterocycles. The molecule has 4 aromatic heterocycles. The molecule has 5 heterocycles. The lowest BCUT2D eigenvalue weighted by molar-refractivity contribution is -0.118. The monoisotopic (exact) mass is 577 g/mol. The van der Waals surface area contributed by atoms with E-state index in [0.29, 0.717) is 40.3 Å². The number of aromatic nitrogens is 4. The van der Waals surface area contributed by atoms with Crippen molar-refractivity contribution >= 4 is 61.8 Å². The van der Waals surface area contributed by atoms with Crippen LogP contribution in [-0.2, 0) is 17.9 Å². The van der Waals surface area contributed by atoms with Crippen LogP contribution in [0.15, 0.2) is 58.3 Å². The largest absolute Gasteiger partial charge is 0.384 e. The van der Waals surface area contributed by atoms with E-state index in [2.05, 4.69) is 27.9 Å². The van der Waals surface area contributed by atoms with Gasteiger partial charge in [0.1, 0.15) is 23.7 Å². The average Bonchev–Trinajstić information content (AvgIpc) is 3.57. The molecule has 0 aliphatic carbocycles. The smallest absolute Gasteiger partial charge is 0.278 e. The molecule has 0 fully saturated rings. The van der Waals surface area contributed by atoms with Crippen molar-refractivity contribution < 1.29 is 4.79 Å². The van der Waals surface area contributed by atoms with Gasteiger partial charge in [0.25, 0.3) is 5.56 Å². The highest BCUT2D eigenvalue weighted by Gasteiger charge is 2.37. The minimum atomic E-state index is -0.630. The number of nitrogen functional groups attached to an aromatic ring is 1. The summed E-state index contributed by atoms with van der Waals surface area (Å²) < 4.78 is 2.37. The summed E-state index contributed by atoms with van der Waals surface area (Å²) in [6.45, 7) is 2.23. The molecular formula is C27H24ClN7O2S2. The van der Waals surface area contributed by atoms with Crippen molar-refractivity contribution in [2.75, 3.05) is 10.6 Å². The van der Waals surface area contributed by atoms with Crippen LogP contribution >= 0.6 is 34.3 Å². The number of carbonyl (C=O) groups is 1. The number of pyridine rings is 1. The molecule has 2 atom stereocenters. The maximum Gasteiger partial charge on any atom is 0.278 e. The molecule has 198 valence electrons. The van der Waals surface area contributed by atoms with Crippen LogP contribution in [0.25, 0.3) is 21.6 Å². The number of carbonyl (C=O) groups excluding carboxylic acids is 1. The summed E-state index contributed by atoms with van der Waals surface area (Å²) in [4.78, 5) is 43.0. The lowest BCUT2D eigenvalue weighted by atomic mass is 9.87. The fourth-order valence-electron chi connectivity index (χ4n) is 5.16. The summed E-state index contributed by atoms with van der Waals surface area (Å²) >= 11 is 9.21. The van der Waals surface area contributed by atoms with Gasteiger partial charge in [-0.3, -0.25) is 14.2 Å². The van der Waals surface area contributed by atoms with E-state index < -0.39 is 5.91 Å². The molecule has 0 bridgehead atoms. The molecule has 0 unspecified atom stereocenters.